The van der Waals surface area contributed by atoms with Gasteiger partial charge in [-0.2, -0.15) is 0 Å². The normalized spacial score (nSPS) is 17.4. The van der Waals surface area contributed by atoms with Crippen LogP contribution in [0.15, 0.2) is 33.0 Å². The largest absolute Gasteiger partial charge is 0.454 e. The molecule has 1 aromatic rings. The summed E-state index contributed by atoms with van der Waals surface area (Å²) in [4.78, 5) is 29.1. The molecule has 1 aromatic carbocycles. The van der Waals surface area contributed by atoms with Crippen LogP contribution in [0.3, 0.4) is 0 Å². The molecule has 1 amide bonds. The summed E-state index contributed by atoms with van der Waals surface area (Å²) in [6.07, 6.45) is 4.09. The van der Waals surface area contributed by atoms with Gasteiger partial charge >= 0.3 is 6.09 Å². The molecule has 5 rings (SSSR count). The summed E-state index contributed by atoms with van der Waals surface area (Å²) in [5.41, 5.74) is 6.16. The molecule has 12 heteroatoms. The number of nitrogens with zero attached hydrogens (tertiary/aromatic N) is 5. The predicted molar refractivity (Wildman–Crippen MR) is 134 cm³/mol. The Bertz CT molecular complexity index is 1230. The molecule has 2 N–H and O–H groups in total. The first-order chi connectivity index (χ1) is 16.7. The van der Waals surface area contributed by atoms with Gasteiger partial charge in [0.2, 0.25) is 6.79 Å². The van der Waals surface area contributed by atoms with Crippen molar-refractivity contribution in [3.05, 3.63) is 22.9 Å². The molecule has 186 valence electrons. The second-order valence-corrected chi connectivity index (χ2v) is 11.4. The maximum Gasteiger partial charge on any atom is 0.410 e. The van der Waals surface area contributed by atoms with Crippen molar-refractivity contribution in [1.82, 2.24) is 24.4 Å². The van der Waals surface area contributed by atoms with E-state index in [4.69, 9.17) is 24.9 Å². The molecule has 4 heterocycles. The molecule has 1 saturated heterocycles. The molecule has 1 fully saturated rings. The summed E-state index contributed by atoms with van der Waals surface area (Å²) < 4.78 is 19.3. The molecule has 0 bridgehead atoms. The van der Waals surface area contributed by atoms with Crippen LogP contribution in [0.1, 0.15) is 40.0 Å². The minimum atomic E-state index is -0.516. The number of halogens is 1. The highest BCUT2D eigenvalue weighted by atomic mass is 79.9. The average molecular weight is 563 g/mol. The lowest BCUT2D eigenvalue weighted by molar-refractivity contribution is 0.0217. The molecule has 4 aliphatic rings. The second kappa shape index (κ2) is 9.38. The summed E-state index contributed by atoms with van der Waals surface area (Å²) in [5, 5.41) is 0.560. The van der Waals surface area contributed by atoms with Gasteiger partial charge in [0.1, 0.15) is 5.60 Å². The van der Waals surface area contributed by atoms with Gasteiger partial charge in [-0.05, 0) is 79.9 Å². The lowest BCUT2D eigenvalue weighted by Gasteiger charge is -2.28. The highest BCUT2D eigenvalue weighted by Crippen LogP contribution is 2.43. The first kappa shape index (κ1) is 24.0. The van der Waals surface area contributed by atoms with Crippen molar-refractivity contribution >= 4 is 39.6 Å². The van der Waals surface area contributed by atoms with Gasteiger partial charge in [0.25, 0.3) is 0 Å². The predicted octanol–water partition coefficient (Wildman–Crippen LogP) is 4.79. The zero-order valence-corrected chi connectivity index (χ0v) is 22.2. The maximum atomic E-state index is 12.6. The summed E-state index contributed by atoms with van der Waals surface area (Å²) in [5.74, 6) is 2.39. The molecule has 0 saturated carbocycles. The number of rotatable bonds is 5. The lowest BCUT2D eigenvalue weighted by Crippen LogP contribution is -2.40. The topological polar surface area (TPSA) is 118 Å². The molecule has 0 aromatic heterocycles. The van der Waals surface area contributed by atoms with Crippen LogP contribution in [0, 0.1) is 0 Å². The number of hydrogen-bond acceptors (Lipinski definition) is 9. The molecule has 10 nitrogen and oxygen atoms in total. The van der Waals surface area contributed by atoms with E-state index >= 15 is 0 Å². The molecular formula is C23H27BrN6O4S. The van der Waals surface area contributed by atoms with Crippen molar-refractivity contribution in [2.45, 2.75) is 68.3 Å². The number of amides is 1. The molecule has 0 aliphatic carbocycles. The van der Waals surface area contributed by atoms with Gasteiger partial charge < -0.3 is 29.4 Å². The third-order valence-corrected chi connectivity index (χ3v) is 7.65. The first-order valence-corrected chi connectivity index (χ1v) is 13.0. The van der Waals surface area contributed by atoms with Crippen molar-refractivity contribution in [3.8, 4) is 23.0 Å². The van der Waals surface area contributed by atoms with E-state index in [9.17, 15) is 4.79 Å². The van der Waals surface area contributed by atoms with Gasteiger partial charge in [-0.25, -0.2) is 19.7 Å². The number of nitrogen functional groups attached to an aromatic ring is 1. The van der Waals surface area contributed by atoms with Crippen molar-refractivity contribution < 1.29 is 19.0 Å². The number of nitrogens with two attached hydrogens (primary N) is 1. The van der Waals surface area contributed by atoms with Gasteiger partial charge in [-0.15, -0.1) is 0 Å². The van der Waals surface area contributed by atoms with E-state index in [2.05, 4.69) is 25.9 Å². The molecule has 1 atom stereocenters. The highest BCUT2D eigenvalue weighted by molar-refractivity contribution is 9.10. The number of carbonyl (C=O) groups is 1. The van der Waals surface area contributed by atoms with Crippen LogP contribution in [0.25, 0.3) is 11.5 Å². The smallest absolute Gasteiger partial charge is 0.410 e. The molecule has 35 heavy (non-hydrogen) atoms. The molecule has 1 unspecified atom stereocenters. The van der Waals surface area contributed by atoms with E-state index < -0.39 is 5.60 Å². The minimum Gasteiger partial charge on any atom is -0.454 e. The van der Waals surface area contributed by atoms with Crippen LogP contribution in [-0.2, 0) is 11.3 Å². The van der Waals surface area contributed by atoms with Crippen molar-refractivity contribution in [2.75, 3.05) is 19.1 Å². The fourth-order valence-electron chi connectivity index (χ4n) is 4.20. The SMILES string of the molecule is CC(C)(C)OC(=O)N1CCCC1CCn1cnc(N)c2nc(Sc3cc4c(cc3Br)OCO4)nc1-2. The van der Waals surface area contributed by atoms with Crippen molar-refractivity contribution in [2.24, 2.45) is 0 Å². The summed E-state index contributed by atoms with van der Waals surface area (Å²) in [6, 6.07) is 3.88. The Morgan fingerprint density at radius 2 is 2.06 bits per heavy atom. The standard InChI is InChI=1S/C23H27BrN6O4S/c1-23(2,3)34-22(31)30-7-4-5-13(30)6-8-29-11-26-19(25)18-20(29)28-21(27-18)35-17-10-16-15(9-14(17)24)32-12-33-16/h9-11,13H,4-8,12,25H2,1-3H3. The Kier molecular flexibility index (Phi) is 6.43. The summed E-state index contributed by atoms with van der Waals surface area (Å²) in [7, 11) is 0. The number of aromatic nitrogens is 4. The third kappa shape index (κ3) is 5.13. The Morgan fingerprint density at radius 3 is 2.83 bits per heavy atom. The van der Waals surface area contributed by atoms with Crippen LogP contribution in [-0.4, -0.2) is 55.5 Å². The first-order valence-electron chi connectivity index (χ1n) is 11.4. The molecule has 4 aliphatic heterocycles. The number of benzene rings is 1. The van der Waals surface area contributed by atoms with Gasteiger partial charge in [0, 0.05) is 28.5 Å². The lowest BCUT2D eigenvalue weighted by atomic mass is 10.1. The van der Waals surface area contributed by atoms with Gasteiger partial charge in [0.15, 0.2) is 34.0 Å². The van der Waals surface area contributed by atoms with E-state index in [1.165, 1.54) is 11.8 Å². The summed E-state index contributed by atoms with van der Waals surface area (Å²) in [6.45, 7) is 7.20. The molecule has 0 radical (unpaired) electrons. The van der Waals surface area contributed by atoms with E-state index in [0.29, 0.717) is 47.1 Å². The average Bonchev–Trinajstić information content (AvgIpc) is 3.52. The van der Waals surface area contributed by atoms with Crippen molar-refractivity contribution in [1.29, 1.82) is 0 Å². The van der Waals surface area contributed by atoms with E-state index in [1.807, 2.05) is 42.4 Å². The number of carbonyl (C=O) groups excluding carboxylic acids is 1. The number of anilines is 1. The molecule has 0 spiro atoms. The Morgan fingerprint density at radius 1 is 1.29 bits per heavy atom. The Hall–Kier alpha value is -2.73. The van der Waals surface area contributed by atoms with Crippen LogP contribution in [0.4, 0.5) is 10.6 Å². The second-order valence-electron chi connectivity index (χ2n) is 9.50. The molecular weight excluding hydrogens is 536 g/mol. The Balaban J connectivity index is 1.33. The third-order valence-electron chi connectivity index (χ3n) is 5.81. The van der Waals surface area contributed by atoms with E-state index in [-0.39, 0.29) is 18.9 Å². The van der Waals surface area contributed by atoms with Gasteiger partial charge in [0.05, 0.1) is 6.33 Å². The van der Waals surface area contributed by atoms with Crippen LogP contribution < -0.4 is 15.2 Å². The van der Waals surface area contributed by atoms with Gasteiger partial charge in [-0.1, -0.05) is 0 Å². The number of imidazole rings is 1. The number of likely N-dealkylation sites (tertiary alicyclic amines) is 1. The quantitative estimate of drug-likeness (QED) is 0.468. The monoisotopic (exact) mass is 562 g/mol. The highest BCUT2D eigenvalue weighted by Gasteiger charge is 2.32. The van der Waals surface area contributed by atoms with Gasteiger partial charge in [-0.3, -0.25) is 0 Å². The van der Waals surface area contributed by atoms with Crippen LogP contribution in [0.2, 0.25) is 0 Å². The fourth-order valence-corrected chi connectivity index (χ4v) is 5.56. The minimum absolute atomic E-state index is 0.103. The number of fused-ring (bicyclic) bond motifs is 2. The zero-order valence-electron chi connectivity index (χ0n) is 19.8. The maximum absolute atomic E-state index is 12.6. The fraction of sp³-hybridized carbons (Fsp3) is 0.478. The van der Waals surface area contributed by atoms with Crippen LogP contribution >= 0.6 is 27.7 Å². The van der Waals surface area contributed by atoms with E-state index in [0.717, 1.165) is 28.6 Å². The number of aryl methyl sites for hydroxylation is 1. The van der Waals surface area contributed by atoms with Crippen molar-refractivity contribution in [3.63, 3.8) is 0 Å². The van der Waals surface area contributed by atoms with E-state index in [1.54, 1.807) is 6.33 Å². The number of ether oxygens (including phenoxy) is 3. The Labute approximate surface area is 216 Å². The zero-order chi connectivity index (χ0) is 24.7. The summed E-state index contributed by atoms with van der Waals surface area (Å²) >= 11 is 4.99. The van der Waals surface area contributed by atoms with Crippen LogP contribution in [0.5, 0.6) is 11.5 Å². The number of hydrogen-bond donors (Lipinski definition) is 1.